The number of carbonyl (C=O) groups is 8. The van der Waals surface area contributed by atoms with Crippen LogP contribution in [-0.4, -0.2) is 472 Å². The predicted octanol–water partition coefficient (Wildman–Crippen LogP) is -6.45. The third-order valence-corrected chi connectivity index (χ3v) is 27.9. The van der Waals surface area contributed by atoms with Gasteiger partial charge in [0.05, 0.1) is 120 Å². The second kappa shape index (κ2) is 63.9. The molecule has 40 atom stereocenters. The van der Waals surface area contributed by atoms with Crippen LogP contribution in [0.25, 0.3) is 0 Å². The minimum Gasteiger partial charge on any atom is -0.477 e. The molecule has 0 aromatic rings. The first-order chi connectivity index (χ1) is 70.4. The summed E-state index contributed by atoms with van der Waals surface area (Å²) in [5.41, 5.74) is 0. The van der Waals surface area contributed by atoms with Gasteiger partial charge in [0.15, 0.2) is 25.2 Å². The van der Waals surface area contributed by atoms with Crippen molar-refractivity contribution >= 4 is 47.4 Å². The van der Waals surface area contributed by atoms with Gasteiger partial charge in [-0.1, -0.05) is 180 Å². The average molecular weight is 2140 g/mol. The van der Waals surface area contributed by atoms with Crippen LogP contribution in [0.2, 0.25) is 0 Å². The van der Waals surface area contributed by atoms with Crippen molar-refractivity contribution in [2.75, 3.05) is 59.5 Å². The molecular formula is C96H167N5O47. The molecule has 0 aliphatic carbocycles. The monoisotopic (exact) mass is 2140 g/mol. The number of hydrogen-bond donors (Lipinski definition) is 30. The summed E-state index contributed by atoms with van der Waals surface area (Å²) >= 11 is 0. The van der Waals surface area contributed by atoms with Gasteiger partial charge in [-0.2, -0.15) is 0 Å². The molecule has 52 heteroatoms. The summed E-state index contributed by atoms with van der Waals surface area (Å²) in [4.78, 5) is 108. The number of nitrogens with one attached hydrogen (secondary N) is 5. The lowest BCUT2D eigenvalue weighted by Crippen LogP contribution is -2.73. The maximum absolute atomic E-state index is 14.7. The lowest BCUT2D eigenvalue weighted by molar-refractivity contribution is -0.405. The van der Waals surface area contributed by atoms with Gasteiger partial charge in [-0.15, -0.1) is 0 Å². The molecule has 7 fully saturated rings. The molecule has 7 rings (SSSR count). The van der Waals surface area contributed by atoms with Crippen LogP contribution in [0, 0.1) is 5.92 Å². The zero-order valence-corrected chi connectivity index (χ0v) is 85.0. The van der Waals surface area contributed by atoms with E-state index in [-0.39, 0.29) is 6.42 Å². The summed E-state index contributed by atoms with van der Waals surface area (Å²) in [5.74, 6) is -24.1. The summed E-state index contributed by atoms with van der Waals surface area (Å²) < 4.78 is 85.4. The van der Waals surface area contributed by atoms with E-state index in [4.69, 9.17) is 66.3 Å². The molecule has 30 N–H and O–H groups in total. The quantitative estimate of drug-likeness (QED) is 0.0199. The molecule has 0 aromatic heterocycles. The number of hydrogen-bond acceptors (Lipinski definition) is 44. The van der Waals surface area contributed by atoms with E-state index < -0.39 is 370 Å². The molecular weight excluding hydrogens is 1980 g/mol. The van der Waals surface area contributed by atoms with Gasteiger partial charge in [0.1, 0.15) is 140 Å². The molecule has 0 aromatic carbocycles. The fourth-order valence-electron chi connectivity index (χ4n) is 19.8. The molecule has 7 aliphatic heterocycles. The third-order valence-electron chi connectivity index (χ3n) is 27.9. The van der Waals surface area contributed by atoms with Gasteiger partial charge in [-0.25, -0.2) is 14.4 Å². The van der Waals surface area contributed by atoms with Crippen LogP contribution >= 0.6 is 0 Å². The van der Waals surface area contributed by atoms with Crippen molar-refractivity contribution in [3.8, 4) is 0 Å². The van der Waals surface area contributed by atoms with Crippen LogP contribution in [0.5, 0.6) is 0 Å². The smallest absolute Gasteiger partial charge is 0.364 e. The summed E-state index contributed by atoms with van der Waals surface area (Å²) in [5, 5.41) is 298. The van der Waals surface area contributed by atoms with Crippen molar-refractivity contribution in [3.63, 3.8) is 0 Å². The van der Waals surface area contributed by atoms with Crippen LogP contribution in [0.4, 0.5) is 0 Å². The van der Waals surface area contributed by atoms with Crippen molar-refractivity contribution < 1.29 is 232 Å². The lowest BCUT2D eigenvalue weighted by atomic mass is 9.87. The third kappa shape index (κ3) is 36.1. The Hall–Kier alpha value is -5.94. The summed E-state index contributed by atoms with van der Waals surface area (Å²) in [7, 11) is 0. The van der Waals surface area contributed by atoms with Crippen LogP contribution in [0.1, 0.15) is 241 Å². The van der Waals surface area contributed by atoms with Gasteiger partial charge in [-0.05, 0) is 19.3 Å². The topological polar surface area (TPSA) is 832 Å². The number of aliphatic hydroxyl groups excluding tert-OH is 22. The van der Waals surface area contributed by atoms with E-state index in [1.165, 1.54) is 83.1 Å². The maximum Gasteiger partial charge on any atom is 0.364 e. The van der Waals surface area contributed by atoms with Gasteiger partial charge in [-0.3, -0.25) is 24.0 Å². The second-order valence-corrected chi connectivity index (χ2v) is 39.6. The second-order valence-electron chi connectivity index (χ2n) is 39.6. The first kappa shape index (κ1) is 129. The highest BCUT2D eigenvalue weighted by atomic mass is 16.8. The zero-order chi connectivity index (χ0) is 110. The highest BCUT2D eigenvalue weighted by Gasteiger charge is 2.66. The number of carbonyl (C=O) groups excluding carboxylic acids is 5. The zero-order valence-electron chi connectivity index (χ0n) is 85.0. The molecule has 858 valence electrons. The molecule has 0 spiro atoms. The SMILES string of the molecule is CCCCCCCCCCCCC/C=C/[C@@H](O)[C@H](CO[C@@H]1OC(CO)[C@@H](O[C@@H]2OC(CO)[C@H](O[C@H]3O[C@@H](CO)[C@H](O)C(OC4OC(CO)C(O)[C@H](O[C@]5(C(=O)O)C[C@@H](O)[C@@H](NC(C)=O)C([C@@H](O)[C@H](O)CO)O5)[C@@H]4CO)C3NC(C)=O)[C@H](O[C@]3(C(=O)O)C[C@@H](O)[C@@H](NC(C)=O)C([C@@H](O)[C@H](CO)O[C@]4(C(=O)O)C[C@@H](O)[C@@H](NC(C)=O)C([C@@H](O)[C@H](O)CO)O4)O3)C2O)C(O)C1O)NC(=O)CCCCCCCCCCCCCCCCC. The Bertz CT molecular complexity index is 3940. The van der Waals surface area contributed by atoms with Crippen LogP contribution in [0.15, 0.2) is 12.2 Å². The molecule has 0 saturated carbocycles. The normalized spacial score (nSPS) is 35.3. The van der Waals surface area contributed by atoms with Crippen molar-refractivity contribution in [3.05, 3.63) is 12.2 Å². The van der Waals surface area contributed by atoms with Gasteiger partial charge >= 0.3 is 17.9 Å². The Labute approximate surface area is 858 Å². The van der Waals surface area contributed by atoms with Gasteiger partial charge in [0.25, 0.3) is 17.4 Å². The number of aliphatic carboxylic acids is 3. The first-order valence-corrected chi connectivity index (χ1v) is 51.8. The van der Waals surface area contributed by atoms with E-state index in [9.17, 15) is 166 Å². The van der Waals surface area contributed by atoms with E-state index in [1.807, 2.05) is 0 Å². The summed E-state index contributed by atoms with van der Waals surface area (Å²) in [6.07, 6.45) is -44.6. The molecule has 7 saturated heterocycles. The molecule has 7 aliphatic rings. The van der Waals surface area contributed by atoms with E-state index in [0.717, 1.165) is 111 Å². The number of unbranched alkanes of at least 4 members (excludes halogenated alkanes) is 25. The first-order valence-electron chi connectivity index (χ1n) is 51.8. The fraction of sp³-hybridized carbons (Fsp3) is 0.896. The number of allylic oxidation sites excluding steroid dienone is 1. The van der Waals surface area contributed by atoms with Gasteiger partial charge in [0.2, 0.25) is 29.5 Å². The standard InChI is InChI=1S/C96H167N5O47/c1-7-9-11-13-15-17-19-21-22-24-26-28-30-32-34-36-66(120)101-54(55(114)35-33-31-29-27-25-23-20-18-16-14-12-10-8-2)48-135-89-77(127)76(126)80(64(46-108)138-89)140-90-78(128)86(148-96(93(133)134)39-58(117)69(99-51(5)112)85(147-96)75(125)63(45-107)143-94(91(129)130)37-56(115)67(97-49(3)110)83(145-94)71(121)59(118)41-103)81(65(47-109)139-90)141-88-70(100-52(6)113)82(74(124)62(44-106)137-88)142-87-53(40-102)79(73(123)61(43-105)136-87)144-95(92(131)132)38-57(116)68(98-50(4)111)84(146-95)72(122)60(119)42-104/h33,35,53-65,67-90,102-109,114-119,121-128H,7-32,34,36-48H2,1-6H3,(H,97,110)(H,98,111)(H,99,112)(H,100,113)(H,101,120)(H,129,130)(H,131,132)(H,133,134)/b35-33+/t53-,54-,55+,56+,57+,58+,59+,60+,61?,62-,63-,64?,65?,67+,68+,69+,70?,71-,72-,73?,74-,75-,76?,77?,78?,79+,80+,81-,82?,83?,84?,85?,86+,87?,88+,89+,90-,94+,95+,96-/m0/s1. The Balaban J connectivity index is 1.27. The largest absolute Gasteiger partial charge is 0.477 e. The van der Waals surface area contributed by atoms with Crippen LogP contribution in [-0.2, 0) is 105 Å². The minimum atomic E-state index is -3.81. The Kier molecular flexibility index (Phi) is 55.7. The molecule has 52 nitrogen and oxygen atoms in total. The molecule has 148 heavy (non-hydrogen) atoms. The van der Waals surface area contributed by atoms with Crippen molar-refractivity contribution in [1.29, 1.82) is 0 Å². The molecule has 5 amide bonds. The Morgan fingerprint density at radius 1 is 0.372 bits per heavy atom. The predicted molar refractivity (Wildman–Crippen MR) is 506 cm³/mol. The molecule has 0 bridgehead atoms. The number of rotatable bonds is 67. The van der Waals surface area contributed by atoms with Gasteiger partial charge < -0.3 is 221 Å². The maximum atomic E-state index is 14.7. The summed E-state index contributed by atoms with van der Waals surface area (Å²) in [6, 6.07) is -9.34. The molecule has 0 radical (unpaired) electrons. The lowest BCUT2D eigenvalue weighted by Gasteiger charge is -2.53. The number of amides is 5. The van der Waals surface area contributed by atoms with E-state index >= 15 is 0 Å². The number of carboxylic acids is 3. The minimum absolute atomic E-state index is 0.0468. The molecule has 13 unspecified atom stereocenters. The van der Waals surface area contributed by atoms with Crippen molar-refractivity contribution in [2.45, 2.75) is 478 Å². The van der Waals surface area contributed by atoms with Crippen molar-refractivity contribution in [1.82, 2.24) is 26.6 Å². The van der Waals surface area contributed by atoms with E-state index in [1.54, 1.807) is 6.08 Å². The molecule has 7 heterocycles. The van der Waals surface area contributed by atoms with Crippen LogP contribution in [0.3, 0.4) is 0 Å². The van der Waals surface area contributed by atoms with E-state index in [0.29, 0.717) is 12.8 Å². The Morgan fingerprint density at radius 3 is 1.16 bits per heavy atom. The number of ether oxygens (including phenoxy) is 14. The highest BCUT2D eigenvalue weighted by Crippen LogP contribution is 2.46. The van der Waals surface area contributed by atoms with Crippen molar-refractivity contribution in [2.24, 2.45) is 5.92 Å². The van der Waals surface area contributed by atoms with E-state index in [2.05, 4.69) is 40.4 Å². The summed E-state index contributed by atoms with van der Waals surface area (Å²) in [6.45, 7) is -3.56. The average Bonchev–Trinajstić information content (AvgIpc) is 0.743. The Morgan fingerprint density at radius 2 is 0.736 bits per heavy atom. The fourth-order valence-corrected chi connectivity index (χ4v) is 19.8. The van der Waals surface area contributed by atoms with Gasteiger partial charge in [0, 0.05) is 53.4 Å². The number of carboxylic acid groups (broad SMARTS) is 3. The highest BCUT2D eigenvalue weighted by molar-refractivity contribution is 5.79. The number of aliphatic hydroxyl groups is 22. The van der Waals surface area contributed by atoms with Crippen LogP contribution < -0.4 is 26.6 Å².